The molecule has 0 aliphatic rings. The van der Waals surface area contributed by atoms with Crippen molar-refractivity contribution >= 4 is 17.7 Å². The van der Waals surface area contributed by atoms with Crippen molar-refractivity contribution in [3.63, 3.8) is 0 Å². The lowest BCUT2D eigenvalue weighted by Gasteiger charge is -2.02. The van der Waals surface area contributed by atoms with Crippen LogP contribution in [0.25, 0.3) is 0 Å². The van der Waals surface area contributed by atoms with Gasteiger partial charge in [-0.05, 0) is 30.5 Å². The van der Waals surface area contributed by atoms with Gasteiger partial charge >= 0.3 is 5.69 Å². The van der Waals surface area contributed by atoms with Gasteiger partial charge in [-0.2, -0.15) is 5.10 Å². The molecule has 1 heterocycles. The highest BCUT2D eigenvalue weighted by molar-refractivity contribution is 5.80. The minimum Gasteiger partial charge on any atom is -0.258 e. The van der Waals surface area contributed by atoms with E-state index in [1.54, 1.807) is 19.2 Å². The lowest BCUT2D eigenvalue weighted by Crippen LogP contribution is -2.00. The Bertz CT molecular complexity index is 666. The number of hydrazone groups is 1. The summed E-state index contributed by atoms with van der Waals surface area (Å²) in [4.78, 5) is 14.5. The monoisotopic (exact) mass is 284 g/mol. The van der Waals surface area contributed by atoms with Crippen molar-refractivity contribution in [2.75, 3.05) is 5.43 Å². The molecule has 1 aromatic carbocycles. The van der Waals surface area contributed by atoms with Crippen LogP contribution in [0.4, 0.5) is 11.5 Å². The number of pyridine rings is 1. The van der Waals surface area contributed by atoms with Crippen LogP contribution in [0.2, 0.25) is 0 Å². The molecule has 1 N–H and O–H groups in total. The molecule has 0 bridgehead atoms. The Labute approximate surface area is 122 Å². The van der Waals surface area contributed by atoms with Gasteiger partial charge in [0, 0.05) is 11.8 Å². The second kappa shape index (κ2) is 6.60. The van der Waals surface area contributed by atoms with E-state index >= 15 is 0 Å². The average Bonchev–Trinajstić information content (AvgIpc) is 2.48. The summed E-state index contributed by atoms with van der Waals surface area (Å²) in [7, 11) is 0. The van der Waals surface area contributed by atoms with Gasteiger partial charge in [-0.1, -0.05) is 31.2 Å². The quantitative estimate of drug-likeness (QED) is 0.519. The molecule has 0 atom stereocenters. The number of hydrogen-bond acceptors (Lipinski definition) is 5. The third kappa shape index (κ3) is 3.85. The molecule has 0 aliphatic heterocycles. The number of aryl methyl sites for hydroxylation is 2. The van der Waals surface area contributed by atoms with Crippen LogP contribution >= 0.6 is 0 Å². The molecule has 2 rings (SSSR count). The molecule has 1 aromatic heterocycles. The van der Waals surface area contributed by atoms with Crippen molar-refractivity contribution in [2.24, 2.45) is 5.10 Å². The van der Waals surface area contributed by atoms with Crippen molar-refractivity contribution in [1.82, 2.24) is 4.98 Å². The number of hydrogen-bond donors (Lipinski definition) is 1. The number of aromatic nitrogens is 1. The Morgan fingerprint density at radius 2 is 2.00 bits per heavy atom. The van der Waals surface area contributed by atoms with Gasteiger partial charge < -0.3 is 0 Å². The zero-order valence-corrected chi connectivity index (χ0v) is 11.9. The minimum absolute atomic E-state index is 0.0981. The predicted octanol–water partition coefficient (Wildman–Crippen LogP) is 3.31. The Kier molecular flexibility index (Phi) is 4.61. The number of nitrogens with one attached hydrogen (secondary N) is 1. The summed E-state index contributed by atoms with van der Waals surface area (Å²) in [6.45, 7) is 3.86. The van der Waals surface area contributed by atoms with Crippen molar-refractivity contribution in [2.45, 2.75) is 20.3 Å². The molecule has 0 unspecified atom stereocenters. The predicted molar refractivity (Wildman–Crippen MR) is 82.7 cm³/mol. The minimum atomic E-state index is -0.486. The first-order valence-corrected chi connectivity index (χ1v) is 6.60. The fourth-order valence-corrected chi connectivity index (χ4v) is 1.79. The zero-order chi connectivity index (χ0) is 15.2. The van der Waals surface area contributed by atoms with Crippen molar-refractivity contribution in [1.29, 1.82) is 0 Å². The number of nitrogens with zero attached hydrogens (tertiary/aromatic N) is 3. The third-order valence-electron chi connectivity index (χ3n) is 2.98. The molecule has 2 aromatic rings. The molecule has 0 saturated heterocycles. The summed E-state index contributed by atoms with van der Waals surface area (Å²) in [5.74, 6) is 0.140. The first-order valence-electron chi connectivity index (χ1n) is 6.60. The smallest absolute Gasteiger partial charge is 0.258 e. The molecular formula is C15H16N4O2. The number of nitro groups is 1. The van der Waals surface area contributed by atoms with Crippen LogP contribution in [0.1, 0.15) is 23.7 Å². The van der Waals surface area contributed by atoms with Crippen LogP contribution in [-0.4, -0.2) is 16.1 Å². The second-order valence-corrected chi connectivity index (χ2v) is 4.54. The van der Waals surface area contributed by atoms with E-state index in [9.17, 15) is 10.1 Å². The Balaban J connectivity index is 2.13. The van der Waals surface area contributed by atoms with E-state index in [4.69, 9.17) is 0 Å². The fourth-order valence-electron chi connectivity index (χ4n) is 1.79. The lowest BCUT2D eigenvalue weighted by molar-refractivity contribution is -0.384. The van der Waals surface area contributed by atoms with Crippen molar-refractivity contribution < 1.29 is 4.92 Å². The number of anilines is 1. The highest BCUT2D eigenvalue weighted by Gasteiger charge is 2.14. The van der Waals surface area contributed by atoms with Crippen LogP contribution in [0.3, 0.4) is 0 Å². The summed E-state index contributed by atoms with van der Waals surface area (Å²) in [6, 6.07) is 10.9. The fraction of sp³-hybridized carbons (Fsp3) is 0.200. The Morgan fingerprint density at radius 1 is 1.29 bits per heavy atom. The molecule has 0 spiro atoms. The standard InChI is InChI=1S/C15H16N4O2/c1-3-12-5-7-13(8-6-12)10-16-18-15-14(19(20)21)9-4-11(2)17-15/h4-10H,3H2,1-2H3,(H,17,18)/b16-10-. The third-order valence-corrected chi connectivity index (χ3v) is 2.98. The molecular weight excluding hydrogens is 268 g/mol. The molecule has 0 aliphatic carbocycles. The van der Waals surface area contributed by atoms with E-state index in [-0.39, 0.29) is 11.5 Å². The average molecular weight is 284 g/mol. The van der Waals surface area contributed by atoms with E-state index in [2.05, 4.69) is 22.4 Å². The van der Waals surface area contributed by atoms with Crippen LogP contribution in [0, 0.1) is 17.0 Å². The highest BCUT2D eigenvalue weighted by Crippen LogP contribution is 2.21. The van der Waals surface area contributed by atoms with Gasteiger partial charge in [0.25, 0.3) is 0 Å². The van der Waals surface area contributed by atoms with Crippen molar-refractivity contribution in [3.8, 4) is 0 Å². The molecule has 0 amide bonds. The van der Waals surface area contributed by atoms with Crippen molar-refractivity contribution in [3.05, 3.63) is 63.3 Å². The first kappa shape index (κ1) is 14.6. The summed E-state index contributed by atoms with van der Waals surface area (Å²) < 4.78 is 0. The molecule has 6 nitrogen and oxygen atoms in total. The maximum Gasteiger partial charge on any atom is 0.313 e. The van der Waals surface area contributed by atoms with Gasteiger partial charge in [0.15, 0.2) is 0 Å². The SMILES string of the molecule is CCc1ccc(/C=N\Nc2nc(C)ccc2[N+](=O)[O-])cc1. The van der Waals surface area contributed by atoms with Gasteiger partial charge in [0.2, 0.25) is 5.82 Å². The first-order chi connectivity index (χ1) is 10.1. The highest BCUT2D eigenvalue weighted by atomic mass is 16.6. The van der Waals surface area contributed by atoms with E-state index in [1.165, 1.54) is 11.6 Å². The maximum atomic E-state index is 10.9. The Hall–Kier alpha value is -2.76. The molecule has 108 valence electrons. The molecule has 0 fully saturated rings. The van der Waals surface area contributed by atoms with Crippen LogP contribution in [0.5, 0.6) is 0 Å². The molecule has 0 saturated carbocycles. The van der Waals surface area contributed by atoms with E-state index in [1.807, 2.05) is 24.3 Å². The molecule has 0 radical (unpaired) electrons. The summed E-state index contributed by atoms with van der Waals surface area (Å²) in [5.41, 5.74) is 5.38. The normalized spacial score (nSPS) is 10.8. The van der Waals surface area contributed by atoms with E-state index in [0.717, 1.165) is 12.0 Å². The van der Waals surface area contributed by atoms with Gasteiger partial charge in [-0.15, -0.1) is 0 Å². The topological polar surface area (TPSA) is 80.4 Å². The van der Waals surface area contributed by atoms with Gasteiger partial charge in [0.1, 0.15) is 0 Å². The number of benzene rings is 1. The van der Waals surface area contributed by atoms with Crippen LogP contribution in [-0.2, 0) is 6.42 Å². The maximum absolute atomic E-state index is 10.9. The zero-order valence-electron chi connectivity index (χ0n) is 11.9. The largest absolute Gasteiger partial charge is 0.313 e. The lowest BCUT2D eigenvalue weighted by atomic mass is 10.1. The molecule has 21 heavy (non-hydrogen) atoms. The molecule has 6 heteroatoms. The van der Waals surface area contributed by atoms with Gasteiger partial charge in [-0.25, -0.2) is 4.98 Å². The van der Waals surface area contributed by atoms with E-state index in [0.29, 0.717) is 5.69 Å². The van der Waals surface area contributed by atoms with Crippen LogP contribution in [0.15, 0.2) is 41.5 Å². The van der Waals surface area contributed by atoms with Gasteiger partial charge in [0.05, 0.1) is 11.1 Å². The Morgan fingerprint density at radius 3 is 2.62 bits per heavy atom. The van der Waals surface area contributed by atoms with E-state index < -0.39 is 4.92 Å². The number of rotatable bonds is 5. The summed E-state index contributed by atoms with van der Waals surface area (Å²) in [5, 5.41) is 14.9. The second-order valence-electron chi connectivity index (χ2n) is 4.54. The summed E-state index contributed by atoms with van der Waals surface area (Å²) >= 11 is 0. The van der Waals surface area contributed by atoms with Crippen LogP contribution < -0.4 is 5.43 Å². The van der Waals surface area contributed by atoms with Gasteiger partial charge in [-0.3, -0.25) is 15.5 Å². The summed E-state index contributed by atoms with van der Waals surface area (Å²) in [6.07, 6.45) is 2.59.